The van der Waals surface area contributed by atoms with E-state index in [1.165, 1.54) is 0 Å². The van der Waals surface area contributed by atoms with Crippen LogP contribution in [-0.2, 0) is 11.3 Å². The molecule has 8 heteroatoms. The Labute approximate surface area is 189 Å². The van der Waals surface area contributed by atoms with E-state index in [9.17, 15) is 9.59 Å². The third kappa shape index (κ3) is 9.07. The highest BCUT2D eigenvalue weighted by Gasteiger charge is 2.09. The summed E-state index contributed by atoms with van der Waals surface area (Å²) >= 11 is 0. The van der Waals surface area contributed by atoms with Crippen LogP contribution in [0.3, 0.4) is 0 Å². The first-order chi connectivity index (χ1) is 15.2. The van der Waals surface area contributed by atoms with Crippen molar-refractivity contribution in [3.63, 3.8) is 0 Å². The lowest BCUT2D eigenvalue weighted by Gasteiger charge is -2.16. The lowest BCUT2D eigenvalue weighted by atomic mass is 10.1. The van der Waals surface area contributed by atoms with E-state index in [1.807, 2.05) is 70.2 Å². The summed E-state index contributed by atoms with van der Waals surface area (Å²) in [7, 11) is 0. The SMILES string of the molecule is Cc1ccc(CN=C(NC(=O)NCCCC(=O)O)Nc2ccc(OC(C)C)c(C)c2)cc1. The molecule has 4 N–H and O–H groups in total. The Bertz CT molecular complexity index is 940. The molecule has 0 bridgehead atoms. The Hall–Kier alpha value is -3.55. The molecule has 0 radical (unpaired) electrons. The Morgan fingerprint density at radius 2 is 1.81 bits per heavy atom. The van der Waals surface area contributed by atoms with Gasteiger partial charge in [0.05, 0.1) is 12.6 Å². The molecule has 0 saturated heterocycles. The summed E-state index contributed by atoms with van der Waals surface area (Å²) < 4.78 is 5.78. The first-order valence-electron chi connectivity index (χ1n) is 10.6. The van der Waals surface area contributed by atoms with Crippen molar-refractivity contribution in [1.29, 1.82) is 0 Å². The molecule has 0 aromatic heterocycles. The minimum Gasteiger partial charge on any atom is -0.491 e. The van der Waals surface area contributed by atoms with Crippen LogP contribution in [0.5, 0.6) is 5.75 Å². The van der Waals surface area contributed by atoms with E-state index in [0.29, 0.717) is 18.9 Å². The van der Waals surface area contributed by atoms with Gasteiger partial charge in [0.2, 0.25) is 5.96 Å². The highest BCUT2D eigenvalue weighted by Crippen LogP contribution is 2.23. The van der Waals surface area contributed by atoms with Crippen molar-refractivity contribution in [1.82, 2.24) is 10.6 Å². The molecule has 2 aromatic carbocycles. The summed E-state index contributed by atoms with van der Waals surface area (Å²) in [6, 6.07) is 13.2. The zero-order valence-corrected chi connectivity index (χ0v) is 19.1. The van der Waals surface area contributed by atoms with Gasteiger partial charge >= 0.3 is 12.0 Å². The van der Waals surface area contributed by atoms with Gasteiger partial charge in [0.25, 0.3) is 0 Å². The second-order valence-electron chi connectivity index (χ2n) is 7.80. The smallest absolute Gasteiger partial charge is 0.321 e. The molecule has 0 saturated carbocycles. The molecule has 2 amide bonds. The van der Waals surface area contributed by atoms with Crippen LogP contribution in [0.2, 0.25) is 0 Å². The van der Waals surface area contributed by atoms with Crippen molar-refractivity contribution in [2.75, 3.05) is 11.9 Å². The Morgan fingerprint density at radius 1 is 1.09 bits per heavy atom. The number of carbonyl (C=O) groups excluding carboxylic acids is 1. The van der Waals surface area contributed by atoms with Gasteiger partial charge in [-0.15, -0.1) is 0 Å². The monoisotopic (exact) mass is 440 g/mol. The predicted octanol–water partition coefficient (Wildman–Crippen LogP) is 4.22. The number of hydrogen-bond donors (Lipinski definition) is 4. The number of aryl methyl sites for hydroxylation is 2. The number of carbonyl (C=O) groups is 2. The number of benzene rings is 2. The van der Waals surface area contributed by atoms with Crippen molar-refractivity contribution in [3.05, 3.63) is 59.2 Å². The normalized spacial score (nSPS) is 11.2. The van der Waals surface area contributed by atoms with Crippen molar-refractivity contribution in [2.45, 2.75) is 53.2 Å². The van der Waals surface area contributed by atoms with E-state index in [2.05, 4.69) is 20.9 Å². The number of rotatable bonds is 9. The molecule has 0 atom stereocenters. The van der Waals surface area contributed by atoms with Crippen LogP contribution >= 0.6 is 0 Å². The van der Waals surface area contributed by atoms with E-state index in [4.69, 9.17) is 9.84 Å². The average molecular weight is 441 g/mol. The van der Waals surface area contributed by atoms with Gasteiger partial charge in [-0.25, -0.2) is 9.79 Å². The maximum atomic E-state index is 12.3. The van der Waals surface area contributed by atoms with Crippen LogP contribution < -0.4 is 20.7 Å². The van der Waals surface area contributed by atoms with Gasteiger partial charge < -0.3 is 20.5 Å². The number of urea groups is 1. The number of guanidine groups is 1. The lowest BCUT2D eigenvalue weighted by molar-refractivity contribution is -0.137. The molecule has 0 unspecified atom stereocenters. The number of ether oxygens (including phenoxy) is 1. The quantitative estimate of drug-likeness (QED) is 0.265. The van der Waals surface area contributed by atoms with E-state index in [1.54, 1.807) is 0 Å². The summed E-state index contributed by atoms with van der Waals surface area (Å²) in [4.78, 5) is 27.4. The number of carboxylic acid groups (broad SMARTS) is 1. The molecule has 8 nitrogen and oxygen atoms in total. The lowest BCUT2D eigenvalue weighted by Crippen LogP contribution is -2.43. The van der Waals surface area contributed by atoms with E-state index >= 15 is 0 Å². The van der Waals surface area contributed by atoms with Crippen LogP contribution in [0.15, 0.2) is 47.5 Å². The molecule has 0 aliphatic heterocycles. The summed E-state index contributed by atoms with van der Waals surface area (Å²) in [6.07, 6.45) is 0.421. The summed E-state index contributed by atoms with van der Waals surface area (Å²) in [5.41, 5.74) is 3.89. The molecule has 172 valence electrons. The van der Waals surface area contributed by atoms with E-state index in [0.717, 1.165) is 28.1 Å². The van der Waals surface area contributed by atoms with Crippen molar-refractivity contribution in [2.24, 2.45) is 4.99 Å². The molecule has 0 fully saturated rings. The second kappa shape index (κ2) is 12.3. The van der Waals surface area contributed by atoms with E-state index in [-0.39, 0.29) is 19.1 Å². The van der Waals surface area contributed by atoms with Gasteiger partial charge in [0, 0.05) is 18.7 Å². The molecular weight excluding hydrogens is 408 g/mol. The highest BCUT2D eigenvalue weighted by atomic mass is 16.5. The molecule has 0 spiro atoms. The number of aliphatic imine (C=N–C) groups is 1. The first kappa shape index (κ1) is 24.7. The fraction of sp³-hybridized carbons (Fsp3) is 0.375. The molecule has 0 aliphatic carbocycles. The van der Waals surface area contributed by atoms with Crippen LogP contribution in [0.4, 0.5) is 10.5 Å². The number of aliphatic carboxylic acids is 1. The van der Waals surface area contributed by atoms with Crippen LogP contribution in [0.25, 0.3) is 0 Å². The first-order valence-corrected chi connectivity index (χ1v) is 10.6. The van der Waals surface area contributed by atoms with Crippen molar-refractivity contribution >= 4 is 23.6 Å². The zero-order valence-electron chi connectivity index (χ0n) is 19.1. The van der Waals surface area contributed by atoms with Gasteiger partial charge in [0.15, 0.2) is 0 Å². The van der Waals surface area contributed by atoms with Crippen molar-refractivity contribution in [3.8, 4) is 5.75 Å². The van der Waals surface area contributed by atoms with Gasteiger partial charge in [-0.1, -0.05) is 29.8 Å². The fourth-order valence-corrected chi connectivity index (χ4v) is 2.82. The second-order valence-corrected chi connectivity index (χ2v) is 7.80. The fourth-order valence-electron chi connectivity index (χ4n) is 2.82. The molecular formula is C24H32N4O4. The molecule has 0 heterocycles. The molecule has 0 aliphatic rings. The average Bonchev–Trinajstić information content (AvgIpc) is 2.72. The Balaban J connectivity index is 2.09. The Morgan fingerprint density at radius 3 is 2.44 bits per heavy atom. The summed E-state index contributed by atoms with van der Waals surface area (Å²) in [5.74, 6) is 0.195. The minimum atomic E-state index is -0.894. The number of carboxylic acids is 1. The topological polar surface area (TPSA) is 112 Å². The van der Waals surface area contributed by atoms with Gasteiger partial charge in [-0.05, 0) is 63.4 Å². The minimum absolute atomic E-state index is 0.00300. The van der Waals surface area contributed by atoms with Crippen LogP contribution in [-0.4, -0.2) is 35.7 Å². The summed E-state index contributed by atoms with van der Waals surface area (Å²) in [6.45, 7) is 8.56. The summed E-state index contributed by atoms with van der Waals surface area (Å²) in [5, 5.41) is 17.2. The Kier molecular flexibility index (Phi) is 9.53. The highest BCUT2D eigenvalue weighted by molar-refractivity contribution is 6.03. The van der Waals surface area contributed by atoms with Gasteiger partial charge in [0.1, 0.15) is 5.75 Å². The third-order valence-corrected chi connectivity index (χ3v) is 4.43. The van der Waals surface area contributed by atoms with Crippen LogP contribution in [0, 0.1) is 13.8 Å². The molecule has 32 heavy (non-hydrogen) atoms. The van der Waals surface area contributed by atoms with Crippen LogP contribution in [0.1, 0.15) is 43.4 Å². The maximum Gasteiger partial charge on any atom is 0.321 e. The number of anilines is 1. The maximum absolute atomic E-state index is 12.3. The zero-order chi connectivity index (χ0) is 23.5. The standard InChI is InChI=1S/C24H32N4O4/c1-16(2)32-21-12-11-20(14-18(21)4)27-23(26-15-19-9-7-17(3)8-10-19)28-24(31)25-13-5-6-22(29)30/h7-12,14,16H,5-6,13,15H2,1-4H3,(H,29,30)(H3,25,26,27,28,31). The number of hydrogen-bond acceptors (Lipinski definition) is 4. The van der Waals surface area contributed by atoms with E-state index < -0.39 is 12.0 Å². The number of nitrogens with one attached hydrogen (secondary N) is 3. The molecule has 2 aromatic rings. The van der Waals surface area contributed by atoms with Crippen molar-refractivity contribution < 1.29 is 19.4 Å². The molecule has 2 rings (SSSR count). The third-order valence-electron chi connectivity index (χ3n) is 4.43. The largest absolute Gasteiger partial charge is 0.491 e. The van der Waals surface area contributed by atoms with Gasteiger partial charge in [-0.3, -0.25) is 10.1 Å². The predicted molar refractivity (Wildman–Crippen MR) is 126 cm³/mol. The van der Waals surface area contributed by atoms with Gasteiger partial charge in [-0.2, -0.15) is 0 Å². The number of nitrogens with zero attached hydrogens (tertiary/aromatic N) is 1. The number of amides is 2.